The molecule has 0 atom stereocenters. The molecule has 6 nitrogen and oxygen atoms in total. The first-order chi connectivity index (χ1) is 14.3. The number of sulfonamides is 1. The first-order valence-electron chi connectivity index (χ1n) is 9.62. The minimum absolute atomic E-state index is 0.180. The van der Waals surface area contributed by atoms with Gasteiger partial charge < -0.3 is 10.2 Å². The van der Waals surface area contributed by atoms with Crippen molar-refractivity contribution in [3.05, 3.63) is 70.7 Å². The standard InChI is InChI=1S/C22H22BrN3O3S/c1-30(28,29)26-14-12-25(13-15-26)21-11-3-2-10-20(21)24-22(27)18-8-4-7-17-16(18)6-5-9-19(17)23/h2-11H,12-15H2,1H3,(H,24,27). The molecule has 0 aliphatic carbocycles. The molecular weight excluding hydrogens is 466 g/mol. The van der Waals surface area contributed by atoms with Crippen molar-refractivity contribution in [1.29, 1.82) is 0 Å². The molecule has 0 spiro atoms. The monoisotopic (exact) mass is 487 g/mol. The molecule has 3 aromatic carbocycles. The first kappa shape index (κ1) is 20.8. The maximum atomic E-state index is 13.1. The van der Waals surface area contributed by atoms with E-state index >= 15 is 0 Å². The summed E-state index contributed by atoms with van der Waals surface area (Å²) in [6.45, 7) is 2.00. The number of nitrogens with one attached hydrogen (secondary N) is 1. The number of rotatable bonds is 4. The molecule has 1 N–H and O–H groups in total. The maximum Gasteiger partial charge on any atom is 0.256 e. The van der Waals surface area contributed by atoms with Crippen LogP contribution in [0.15, 0.2) is 65.1 Å². The van der Waals surface area contributed by atoms with Gasteiger partial charge in [-0.25, -0.2) is 8.42 Å². The summed E-state index contributed by atoms with van der Waals surface area (Å²) in [5.74, 6) is -0.180. The van der Waals surface area contributed by atoms with Crippen LogP contribution in [0.2, 0.25) is 0 Å². The van der Waals surface area contributed by atoms with Gasteiger partial charge in [0.25, 0.3) is 5.91 Å². The van der Waals surface area contributed by atoms with E-state index in [1.165, 1.54) is 10.6 Å². The molecule has 1 amide bonds. The Labute approximate surface area is 184 Å². The van der Waals surface area contributed by atoms with Gasteiger partial charge in [-0.2, -0.15) is 4.31 Å². The zero-order valence-corrected chi connectivity index (χ0v) is 18.9. The van der Waals surface area contributed by atoms with E-state index in [4.69, 9.17) is 0 Å². The molecule has 1 saturated heterocycles. The molecular formula is C22H22BrN3O3S. The van der Waals surface area contributed by atoms with Gasteiger partial charge >= 0.3 is 0 Å². The van der Waals surface area contributed by atoms with Crippen LogP contribution < -0.4 is 10.2 Å². The van der Waals surface area contributed by atoms with E-state index in [0.29, 0.717) is 37.4 Å². The second-order valence-electron chi connectivity index (χ2n) is 7.26. The Balaban J connectivity index is 1.59. The van der Waals surface area contributed by atoms with Gasteiger partial charge in [0.05, 0.1) is 17.6 Å². The average Bonchev–Trinajstić information content (AvgIpc) is 2.73. The highest BCUT2D eigenvalue weighted by Crippen LogP contribution is 2.30. The lowest BCUT2D eigenvalue weighted by atomic mass is 10.0. The summed E-state index contributed by atoms with van der Waals surface area (Å²) in [5.41, 5.74) is 2.20. The molecule has 0 aromatic heterocycles. The van der Waals surface area contributed by atoms with Gasteiger partial charge in [-0.15, -0.1) is 0 Å². The zero-order chi connectivity index (χ0) is 21.3. The Morgan fingerprint density at radius 3 is 2.30 bits per heavy atom. The number of carbonyl (C=O) groups excluding carboxylic acids is 1. The summed E-state index contributed by atoms with van der Waals surface area (Å²) in [6.07, 6.45) is 1.24. The Morgan fingerprint density at radius 1 is 0.900 bits per heavy atom. The van der Waals surface area contributed by atoms with E-state index < -0.39 is 10.0 Å². The molecule has 1 heterocycles. The van der Waals surface area contributed by atoms with Crippen molar-refractivity contribution in [1.82, 2.24) is 4.31 Å². The Kier molecular flexibility index (Phi) is 5.81. The number of benzene rings is 3. The number of fused-ring (bicyclic) bond motifs is 1. The lowest BCUT2D eigenvalue weighted by Crippen LogP contribution is -2.48. The SMILES string of the molecule is CS(=O)(=O)N1CCN(c2ccccc2NC(=O)c2cccc3c(Br)cccc23)CC1. The van der Waals surface area contributed by atoms with E-state index in [1.54, 1.807) is 0 Å². The molecule has 0 saturated carbocycles. The van der Waals surface area contributed by atoms with E-state index in [2.05, 4.69) is 26.1 Å². The fourth-order valence-corrected chi connectivity index (χ4v) is 5.10. The van der Waals surface area contributed by atoms with E-state index in [9.17, 15) is 13.2 Å². The Morgan fingerprint density at radius 2 is 1.57 bits per heavy atom. The van der Waals surface area contributed by atoms with Gasteiger partial charge in [0.1, 0.15) is 0 Å². The normalized spacial score (nSPS) is 15.3. The molecule has 1 aliphatic heterocycles. The zero-order valence-electron chi connectivity index (χ0n) is 16.5. The van der Waals surface area contributed by atoms with E-state index in [1.807, 2.05) is 60.7 Å². The molecule has 30 heavy (non-hydrogen) atoms. The summed E-state index contributed by atoms with van der Waals surface area (Å²) in [5, 5.41) is 4.91. The molecule has 0 unspecified atom stereocenters. The van der Waals surface area contributed by atoms with E-state index in [-0.39, 0.29) is 5.91 Å². The first-order valence-corrected chi connectivity index (χ1v) is 12.3. The van der Waals surface area contributed by atoms with Crippen molar-refractivity contribution < 1.29 is 13.2 Å². The van der Waals surface area contributed by atoms with Crippen molar-refractivity contribution in [2.45, 2.75) is 0 Å². The lowest BCUT2D eigenvalue weighted by Gasteiger charge is -2.35. The number of hydrogen-bond donors (Lipinski definition) is 1. The molecule has 3 aromatic rings. The van der Waals surface area contributed by atoms with Crippen molar-refractivity contribution in [2.75, 3.05) is 42.7 Å². The summed E-state index contributed by atoms with van der Waals surface area (Å²) in [4.78, 5) is 15.2. The van der Waals surface area contributed by atoms with Crippen LogP contribution in [0.3, 0.4) is 0 Å². The third-order valence-electron chi connectivity index (χ3n) is 5.31. The van der Waals surface area contributed by atoms with Crippen molar-refractivity contribution >= 4 is 54.0 Å². The predicted octanol–water partition coefficient (Wildman–Crippen LogP) is 3.94. The summed E-state index contributed by atoms with van der Waals surface area (Å²) < 4.78 is 26.0. The Hall–Kier alpha value is -2.42. The molecule has 0 radical (unpaired) electrons. The molecule has 1 fully saturated rings. The number of carbonyl (C=O) groups is 1. The number of nitrogens with zero attached hydrogens (tertiary/aromatic N) is 2. The molecule has 8 heteroatoms. The average molecular weight is 488 g/mol. The smallest absolute Gasteiger partial charge is 0.256 e. The minimum atomic E-state index is -3.19. The van der Waals surface area contributed by atoms with Crippen molar-refractivity contribution in [3.63, 3.8) is 0 Å². The fourth-order valence-electron chi connectivity index (χ4n) is 3.78. The van der Waals surface area contributed by atoms with Gasteiger partial charge in [0.15, 0.2) is 0 Å². The molecule has 1 aliphatic rings. The lowest BCUT2D eigenvalue weighted by molar-refractivity contribution is 0.102. The number of hydrogen-bond acceptors (Lipinski definition) is 4. The molecule has 4 rings (SSSR count). The minimum Gasteiger partial charge on any atom is -0.367 e. The van der Waals surface area contributed by atoms with Crippen molar-refractivity contribution in [3.8, 4) is 0 Å². The number of anilines is 2. The Bertz CT molecular complexity index is 1210. The molecule has 0 bridgehead atoms. The highest BCUT2D eigenvalue weighted by Gasteiger charge is 2.25. The predicted molar refractivity (Wildman–Crippen MR) is 125 cm³/mol. The van der Waals surface area contributed by atoms with Crippen LogP contribution in [-0.4, -0.2) is 51.1 Å². The van der Waals surface area contributed by atoms with Crippen LogP contribution in [0.5, 0.6) is 0 Å². The van der Waals surface area contributed by atoms with Gasteiger partial charge in [0.2, 0.25) is 10.0 Å². The van der Waals surface area contributed by atoms with E-state index in [0.717, 1.165) is 20.9 Å². The summed E-state index contributed by atoms with van der Waals surface area (Å²) in [7, 11) is -3.19. The van der Waals surface area contributed by atoms with Crippen LogP contribution in [0.4, 0.5) is 11.4 Å². The highest BCUT2D eigenvalue weighted by molar-refractivity contribution is 9.10. The van der Waals surface area contributed by atoms with Crippen LogP contribution in [0.25, 0.3) is 10.8 Å². The van der Waals surface area contributed by atoms with Gasteiger partial charge in [-0.3, -0.25) is 4.79 Å². The number of piperazine rings is 1. The fraction of sp³-hybridized carbons (Fsp3) is 0.227. The highest BCUT2D eigenvalue weighted by atomic mass is 79.9. The quantitative estimate of drug-likeness (QED) is 0.604. The van der Waals surface area contributed by atoms with Crippen LogP contribution in [0, 0.1) is 0 Å². The number of halogens is 1. The maximum absolute atomic E-state index is 13.1. The van der Waals surface area contributed by atoms with Crippen LogP contribution >= 0.6 is 15.9 Å². The van der Waals surface area contributed by atoms with Crippen molar-refractivity contribution in [2.24, 2.45) is 0 Å². The topological polar surface area (TPSA) is 69.7 Å². The third-order valence-corrected chi connectivity index (χ3v) is 7.31. The van der Waals surface area contributed by atoms with Crippen LogP contribution in [-0.2, 0) is 10.0 Å². The summed E-state index contributed by atoms with van der Waals surface area (Å²) in [6, 6.07) is 19.1. The number of amides is 1. The third kappa shape index (κ3) is 4.21. The molecule has 156 valence electrons. The van der Waals surface area contributed by atoms with Gasteiger partial charge in [-0.05, 0) is 35.0 Å². The second kappa shape index (κ2) is 8.37. The van der Waals surface area contributed by atoms with Crippen LogP contribution in [0.1, 0.15) is 10.4 Å². The largest absolute Gasteiger partial charge is 0.367 e. The number of para-hydroxylation sites is 2. The summed E-state index contributed by atoms with van der Waals surface area (Å²) >= 11 is 3.54. The van der Waals surface area contributed by atoms with Gasteiger partial charge in [0, 0.05) is 36.2 Å². The van der Waals surface area contributed by atoms with Gasteiger partial charge in [-0.1, -0.05) is 52.3 Å². The second-order valence-corrected chi connectivity index (χ2v) is 10.1.